The van der Waals surface area contributed by atoms with Gasteiger partial charge in [-0.3, -0.25) is 0 Å². The molecule has 0 aliphatic heterocycles. The Labute approximate surface area is 163 Å². The second kappa shape index (κ2) is 7.09. The highest BCUT2D eigenvalue weighted by atomic mass is 14.8. The molecule has 6 aromatic rings. The Morgan fingerprint density at radius 3 is 1.04 bits per heavy atom. The lowest BCUT2D eigenvalue weighted by Gasteiger charge is -2.02. The van der Waals surface area contributed by atoms with Crippen molar-refractivity contribution in [1.82, 2.24) is 9.97 Å². The molecule has 0 bridgehead atoms. The zero-order valence-electron chi connectivity index (χ0n) is 15.3. The zero-order valence-corrected chi connectivity index (χ0v) is 15.3. The molecule has 2 heteroatoms. The van der Waals surface area contributed by atoms with Crippen LogP contribution in [0.1, 0.15) is 0 Å². The van der Waals surface area contributed by atoms with Gasteiger partial charge in [0.1, 0.15) is 0 Å². The van der Waals surface area contributed by atoms with Crippen LogP contribution >= 0.6 is 0 Å². The molecule has 6 rings (SSSR count). The van der Waals surface area contributed by atoms with Gasteiger partial charge in [0.2, 0.25) is 0 Å². The number of fused-ring (bicyclic) bond motifs is 5. The van der Waals surface area contributed by atoms with Crippen molar-refractivity contribution >= 4 is 43.6 Å². The number of nitrogens with zero attached hydrogens (tertiary/aromatic N) is 2. The summed E-state index contributed by atoms with van der Waals surface area (Å²) in [5.74, 6) is 0. The second-order valence-electron chi connectivity index (χ2n) is 6.71. The average Bonchev–Trinajstić information content (AvgIpc) is 2.78. The molecule has 5 aromatic carbocycles. The summed E-state index contributed by atoms with van der Waals surface area (Å²) in [7, 11) is 0. The molecule has 0 radical (unpaired) electrons. The van der Waals surface area contributed by atoms with Crippen molar-refractivity contribution in [3.05, 3.63) is 109 Å². The minimum atomic E-state index is 0.950. The van der Waals surface area contributed by atoms with E-state index in [4.69, 9.17) is 0 Å². The largest absolute Gasteiger partial charge is 0.245 e. The fraction of sp³-hybridized carbons (Fsp3) is 0. The number of hydrogen-bond acceptors (Lipinski definition) is 2. The van der Waals surface area contributed by atoms with Gasteiger partial charge in [-0.25, -0.2) is 9.97 Å². The Morgan fingerprint density at radius 2 is 0.643 bits per heavy atom. The van der Waals surface area contributed by atoms with E-state index in [1.54, 1.807) is 0 Å². The van der Waals surface area contributed by atoms with E-state index in [9.17, 15) is 0 Å². The van der Waals surface area contributed by atoms with Gasteiger partial charge in [0.25, 0.3) is 0 Å². The molecule has 0 unspecified atom stereocenters. The molecule has 0 aliphatic carbocycles. The Morgan fingerprint density at radius 1 is 0.321 bits per heavy atom. The predicted molar refractivity (Wildman–Crippen MR) is 118 cm³/mol. The quantitative estimate of drug-likeness (QED) is 0.221. The van der Waals surface area contributed by atoms with Crippen LogP contribution in [0, 0.1) is 0 Å². The van der Waals surface area contributed by atoms with Crippen molar-refractivity contribution in [2.24, 2.45) is 0 Å². The summed E-state index contributed by atoms with van der Waals surface area (Å²) in [5, 5.41) is 5.30. The molecule has 28 heavy (non-hydrogen) atoms. The van der Waals surface area contributed by atoms with Gasteiger partial charge < -0.3 is 0 Å². The Bertz CT molecular complexity index is 1240. The minimum Gasteiger partial charge on any atom is -0.245 e. The molecule has 0 saturated carbocycles. The lowest BCUT2D eigenvalue weighted by atomic mass is 10.0. The molecule has 0 saturated heterocycles. The highest BCUT2D eigenvalue weighted by Gasteiger charge is 1.98. The van der Waals surface area contributed by atoms with Crippen LogP contribution in [0.15, 0.2) is 109 Å². The van der Waals surface area contributed by atoms with Crippen LogP contribution < -0.4 is 0 Å². The molecule has 1 aromatic heterocycles. The number of aromatic nitrogens is 2. The SMILES string of the molecule is c1ccc2c(c1)ccc1ccccc12.c1ccc2nc3ccccc3nc2c1. The monoisotopic (exact) mass is 358 g/mol. The maximum Gasteiger partial charge on any atom is 0.0894 e. The van der Waals surface area contributed by atoms with Gasteiger partial charge in [-0.05, 0) is 45.8 Å². The first-order valence-corrected chi connectivity index (χ1v) is 9.36. The first-order valence-electron chi connectivity index (χ1n) is 9.36. The van der Waals surface area contributed by atoms with Gasteiger partial charge in [-0.1, -0.05) is 84.9 Å². The van der Waals surface area contributed by atoms with Gasteiger partial charge in [0.15, 0.2) is 0 Å². The van der Waals surface area contributed by atoms with Crippen LogP contribution in [-0.4, -0.2) is 9.97 Å². The number of para-hydroxylation sites is 4. The Hall–Kier alpha value is -3.78. The number of hydrogen-bond donors (Lipinski definition) is 0. The minimum absolute atomic E-state index is 0.950. The topological polar surface area (TPSA) is 25.8 Å². The van der Waals surface area contributed by atoms with E-state index < -0.39 is 0 Å². The molecule has 2 nitrogen and oxygen atoms in total. The van der Waals surface area contributed by atoms with Crippen molar-refractivity contribution in [3.63, 3.8) is 0 Å². The molecule has 0 atom stereocenters. The number of rotatable bonds is 0. The van der Waals surface area contributed by atoms with Crippen molar-refractivity contribution in [2.45, 2.75) is 0 Å². The lowest BCUT2D eigenvalue weighted by Crippen LogP contribution is -1.85. The van der Waals surface area contributed by atoms with E-state index in [0.717, 1.165) is 22.1 Å². The third-order valence-corrected chi connectivity index (χ3v) is 4.90. The second-order valence-corrected chi connectivity index (χ2v) is 6.71. The molecule has 1 heterocycles. The molecule has 132 valence electrons. The van der Waals surface area contributed by atoms with E-state index in [1.165, 1.54) is 21.5 Å². The summed E-state index contributed by atoms with van der Waals surface area (Å²) >= 11 is 0. The van der Waals surface area contributed by atoms with Crippen LogP contribution in [0.2, 0.25) is 0 Å². The summed E-state index contributed by atoms with van der Waals surface area (Å²) < 4.78 is 0. The van der Waals surface area contributed by atoms with Crippen molar-refractivity contribution < 1.29 is 0 Å². The predicted octanol–water partition coefficient (Wildman–Crippen LogP) is 6.78. The van der Waals surface area contributed by atoms with E-state index in [2.05, 4.69) is 70.6 Å². The zero-order chi connectivity index (χ0) is 18.8. The highest BCUT2D eigenvalue weighted by molar-refractivity contribution is 6.07. The van der Waals surface area contributed by atoms with Crippen molar-refractivity contribution in [3.8, 4) is 0 Å². The average molecular weight is 358 g/mol. The van der Waals surface area contributed by atoms with Crippen LogP contribution in [0.5, 0.6) is 0 Å². The summed E-state index contributed by atoms with van der Waals surface area (Å²) in [4.78, 5) is 9.03. The lowest BCUT2D eigenvalue weighted by molar-refractivity contribution is 1.39. The maximum atomic E-state index is 4.52. The van der Waals surface area contributed by atoms with E-state index >= 15 is 0 Å². The summed E-state index contributed by atoms with van der Waals surface area (Å²) in [6.07, 6.45) is 0. The molecular formula is C26H18N2. The summed E-state index contributed by atoms with van der Waals surface area (Å²) in [6, 6.07) is 37.2. The van der Waals surface area contributed by atoms with Crippen LogP contribution in [0.3, 0.4) is 0 Å². The Balaban J connectivity index is 0.000000122. The maximum absolute atomic E-state index is 4.52. The fourth-order valence-electron chi connectivity index (χ4n) is 3.52. The molecular weight excluding hydrogens is 340 g/mol. The standard InChI is InChI=1S/C14H10.C12H8N2/c1-3-7-13-11(5-1)9-10-12-6-2-4-8-14(12)13;1-2-6-10-9(5-1)13-11-7-3-4-8-12(11)14-10/h1-10H;1-8H. The molecule has 0 aliphatic rings. The van der Waals surface area contributed by atoms with E-state index in [1.807, 2.05) is 48.5 Å². The van der Waals surface area contributed by atoms with E-state index in [0.29, 0.717) is 0 Å². The molecule has 0 fully saturated rings. The van der Waals surface area contributed by atoms with Crippen molar-refractivity contribution in [2.75, 3.05) is 0 Å². The third-order valence-electron chi connectivity index (χ3n) is 4.90. The van der Waals surface area contributed by atoms with Crippen LogP contribution in [0.4, 0.5) is 0 Å². The fourth-order valence-corrected chi connectivity index (χ4v) is 3.52. The highest BCUT2D eigenvalue weighted by Crippen LogP contribution is 2.24. The Kier molecular flexibility index (Phi) is 4.15. The van der Waals surface area contributed by atoms with Crippen molar-refractivity contribution in [1.29, 1.82) is 0 Å². The number of benzene rings is 5. The van der Waals surface area contributed by atoms with Gasteiger partial charge >= 0.3 is 0 Å². The first kappa shape index (κ1) is 16.4. The third kappa shape index (κ3) is 3.06. The normalized spacial score (nSPS) is 10.9. The molecule has 0 amide bonds. The van der Waals surface area contributed by atoms with Gasteiger partial charge in [-0.2, -0.15) is 0 Å². The molecule has 0 N–H and O–H groups in total. The van der Waals surface area contributed by atoms with E-state index in [-0.39, 0.29) is 0 Å². The van der Waals surface area contributed by atoms with Gasteiger partial charge in [0, 0.05) is 0 Å². The van der Waals surface area contributed by atoms with Crippen LogP contribution in [0.25, 0.3) is 43.6 Å². The first-order chi connectivity index (χ1) is 13.9. The smallest absolute Gasteiger partial charge is 0.0894 e. The summed E-state index contributed by atoms with van der Waals surface area (Å²) in [5.41, 5.74) is 3.80. The summed E-state index contributed by atoms with van der Waals surface area (Å²) in [6.45, 7) is 0. The van der Waals surface area contributed by atoms with Crippen LogP contribution in [-0.2, 0) is 0 Å². The molecule has 0 spiro atoms. The van der Waals surface area contributed by atoms with Gasteiger partial charge in [0.05, 0.1) is 22.1 Å². The van der Waals surface area contributed by atoms with Gasteiger partial charge in [-0.15, -0.1) is 0 Å².